The Morgan fingerprint density at radius 3 is 2.59 bits per heavy atom. The van der Waals surface area contributed by atoms with Crippen molar-refractivity contribution in [2.45, 2.75) is 13.5 Å². The van der Waals surface area contributed by atoms with Gasteiger partial charge in [-0.25, -0.2) is 0 Å². The first-order chi connectivity index (χ1) is 8.18. The van der Waals surface area contributed by atoms with Gasteiger partial charge in [-0.15, -0.1) is 0 Å². The van der Waals surface area contributed by atoms with Crippen LogP contribution in [-0.4, -0.2) is 4.92 Å². The second kappa shape index (κ2) is 4.74. The maximum absolute atomic E-state index is 10.9. The molecule has 0 fully saturated rings. The average molecular weight is 229 g/mol. The molecule has 1 aromatic heterocycles. The summed E-state index contributed by atoms with van der Waals surface area (Å²) in [7, 11) is 0. The fraction of sp³-hybridized carbons (Fsp3) is 0.154. The molecular formula is C13H13N2O2+. The molecular weight excluding hydrogens is 216 g/mol. The van der Waals surface area contributed by atoms with E-state index < -0.39 is 0 Å². The average Bonchev–Trinajstić information content (AvgIpc) is 2.32. The van der Waals surface area contributed by atoms with E-state index in [0.29, 0.717) is 6.54 Å². The summed E-state index contributed by atoms with van der Waals surface area (Å²) >= 11 is 0. The van der Waals surface area contributed by atoms with Crippen molar-refractivity contribution in [3.05, 3.63) is 70.0 Å². The highest BCUT2D eigenvalue weighted by Gasteiger charge is 2.16. The molecule has 86 valence electrons. The zero-order valence-electron chi connectivity index (χ0n) is 9.54. The van der Waals surface area contributed by atoms with Gasteiger partial charge in [0.1, 0.15) is 0 Å². The Morgan fingerprint density at radius 1 is 1.18 bits per heavy atom. The van der Waals surface area contributed by atoms with Crippen LogP contribution in [0.2, 0.25) is 0 Å². The Labute approximate surface area is 99.3 Å². The van der Waals surface area contributed by atoms with Gasteiger partial charge in [-0.3, -0.25) is 10.1 Å². The number of hydrogen-bond donors (Lipinski definition) is 0. The van der Waals surface area contributed by atoms with Crippen LogP contribution in [0.25, 0.3) is 0 Å². The zero-order valence-corrected chi connectivity index (χ0v) is 9.54. The van der Waals surface area contributed by atoms with Crippen LogP contribution < -0.4 is 4.57 Å². The third-order valence-electron chi connectivity index (χ3n) is 2.70. The smallest absolute Gasteiger partial charge is 0.258 e. The number of nitrogens with zero attached hydrogens (tertiary/aromatic N) is 2. The van der Waals surface area contributed by atoms with Gasteiger partial charge in [0, 0.05) is 25.1 Å². The molecule has 0 saturated carbocycles. The first-order valence-electron chi connectivity index (χ1n) is 5.36. The summed E-state index contributed by atoms with van der Waals surface area (Å²) in [5.41, 5.74) is 1.96. The number of hydrogen-bond acceptors (Lipinski definition) is 2. The summed E-state index contributed by atoms with van der Waals surface area (Å²) in [6, 6.07) is 12.7. The molecule has 0 unspecified atom stereocenters. The van der Waals surface area contributed by atoms with E-state index >= 15 is 0 Å². The second-order valence-electron chi connectivity index (χ2n) is 3.86. The number of para-hydroxylation sites is 1. The van der Waals surface area contributed by atoms with Crippen LogP contribution in [0, 0.1) is 17.0 Å². The molecule has 0 aliphatic carbocycles. The maximum Gasteiger partial charge on any atom is 0.278 e. The van der Waals surface area contributed by atoms with E-state index in [0.717, 1.165) is 11.3 Å². The predicted molar refractivity (Wildman–Crippen MR) is 63.6 cm³/mol. The van der Waals surface area contributed by atoms with Crippen molar-refractivity contribution in [1.29, 1.82) is 0 Å². The molecule has 0 aliphatic rings. The topological polar surface area (TPSA) is 47.0 Å². The molecule has 4 nitrogen and oxygen atoms in total. The van der Waals surface area contributed by atoms with Crippen LogP contribution in [0.4, 0.5) is 5.69 Å². The predicted octanol–water partition coefficient (Wildman–Crippen LogP) is 2.24. The fourth-order valence-corrected chi connectivity index (χ4v) is 1.75. The molecule has 1 aromatic carbocycles. The van der Waals surface area contributed by atoms with E-state index in [1.165, 1.54) is 6.07 Å². The standard InChI is InChI=1S/C13H13N2O2/c1-11-6-4-5-9-14(11)10-12-7-2-3-8-13(12)15(16)17/h2-9H,10H2,1H3/q+1. The van der Waals surface area contributed by atoms with E-state index in [9.17, 15) is 10.1 Å². The Bertz CT molecular complexity index is 553. The van der Waals surface area contributed by atoms with Gasteiger partial charge in [-0.2, -0.15) is 4.57 Å². The maximum atomic E-state index is 10.9. The molecule has 0 amide bonds. The largest absolute Gasteiger partial charge is 0.278 e. The van der Waals surface area contributed by atoms with Crippen molar-refractivity contribution in [3.8, 4) is 0 Å². The third-order valence-corrected chi connectivity index (χ3v) is 2.70. The lowest BCUT2D eigenvalue weighted by molar-refractivity contribution is -0.694. The Hall–Kier alpha value is -2.23. The summed E-state index contributed by atoms with van der Waals surface area (Å²) in [6.07, 6.45) is 1.92. The zero-order chi connectivity index (χ0) is 12.3. The molecule has 0 spiro atoms. The summed E-state index contributed by atoms with van der Waals surface area (Å²) in [6.45, 7) is 2.50. The molecule has 0 N–H and O–H groups in total. The number of aryl methyl sites for hydroxylation is 1. The lowest BCUT2D eigenvalue weighted by Crippen LogP contribution is -2.37. The number of pyridine rings is 1. The molecule has 1 heterocycles. The molecule has 4 heteroatoms. The van der Waals surface area contributed by atoms with Gasteiger partial charge in [0.15, 0.2) is 18.4 Å². The first-order valence-corrected chi connectivity index (χ1v) is 5.36. The van der Waals surface area contributed by atoms with Crippen molar-refractivity contribution >= 4 is 5.69 Å². The molecule has 0 atom stereocenters. The van der Waals surface area contributed by atoms with E-state index in [-0.39, 0.29) is 10.6 Å². The minimum Gasteiger partial charge on any atom is -0.258 e. The SMILES string of the molecule is Cc1cccc[n+]1Cc1ccccc1[N+](=O)[O-]. The van der Waals surface area contributed by atoms with Gasteiger partial charge in [0.2, 0.25) is 0 Å². The molecule has 0 bridgehead atoms. The molecule has 2 rings (SSSR count). The van der Waals surface area contributed by atoms with Crippen LogP contribution in [0.15, 0.2) is 48.7 Å². The van der Waals surface area contributed by atoms with Crippen molar-refractivity contribution in [2.24, 2.45) is 0 Å². The monoisotopic (exact) mass is 229 g/mol. The summed E-state index contributed by atoms with van der Waals surface area (Å²) in [4.78, 5) is 10.6. The lowest BCUT2D eigenvalue weighted by Gasteiger charge is -2.01. The number of aromatic nitrogens is 1. The minimum absolute atomic E-state index is 0.170. The first kappa shape index (κ1) is 11.3. The summed E-state index contributed by atoms with van der Waals surface area (Å²) < 4.78 is 1.99. The number of rotatable bonds is 3. The second-order valence-corrected chi connectivity index (χ2v) is 3.86. The molecule has 0 saturated heterocycles. The van der Waals surface area contributed by atoms with Gasteiger partial charge in [0.05, 0.1) is 10.5 Å². The van der Waals surface area contributed by atoms with Gasteiger partial charge in [-0.05, 0) is 6.07 Å². The highest BCUT2D eigenvalue weighted by atomic mass is 16.6. The third kappa shape index (κ3) is 2.47. The van der Waals surface area contributed by atoms with Gasteiger partial charge < -0.3 is 0 Å². The Morgan fingerprint density at radius 2 is 1.88 bits per heavy atom. The summed E-state index contributed by atoms with van der Waals surface area (Å²) in [5, 5.41) is 10.9. The van der Waals surface area contributed by atoms with E-state index in [1.807, 2.05) is 42.0 Å². The van der Waals surface area contributed by atoms with Crippen LogP contribution in [0.5, 0.6) is 0 Å². The normalized spacial score (nSPS) is 10.2. The van der Waals surface area contributed by atoms with Crippen LogP contribution in [0.3, 0.4) is 0 Å². The van der Waals surface area contributed by atoms with Gasteiger partial charge in [0.25, 0.3) is 5.69 Å². The number of nitro groups is 1. The van der Waals surface area contributed by atoms with Crippen molar-refractivity contribution in [2.75, 3.05) is 0 Å². The molecule has 17 heavy (non-hydrogen) atoms. The van der Waals surface area contributed by atoms with Crippen molar-refractivity contribution < 1.29 is 9.49 Å². The molecule has 2 aromatic rings. The van der Waals surface area contributed by atoms with Crippen molar-refractivity contribution in [3.63, 3.8) is 0 Å². The molecule has 0 radical (unpaired) electrons. The lowest BCUT2D eigenvalue weighted by atomic mass is 10.1. The van der Waals surface area contributed by atoms with Crippen molar-refractivity contribution in [1.82, 2.24) is 0 Å². The Balaban J connectivity index is 2.37. The van der Waals surface area contributed by atoms with E-state index in [4.69, 9.17) is 0 Å². The highest BCUT2D eigenvalue weighted by molar-refractivity contribution is 5.39. The number of benzene rings is 1. The van der Waals surface area contributed by atoms with Crippen LogP contribution in [-0.2, 0) is 6.54 Å². The minimum atomic E-state index is -0.339. The highest BCUT2D eigenvalue weighted by Crippen LogP contribution is 2.17. The number of nitro benzene ring substituents is 1. The summed E-state index contributed by atoms with van der Waals surface area (Å²) in [5.74, 6) is 0. The van der Waals surface area contributed by atoms with Crippen LogP contribution in [0.1, 0.15) is 11.3 Å². The Kier molecular flexibility index (Phi) is 3.14. The van der Waals surface area contributed by atoms with E-state index in [1.54, 1.807) is 12.1 Å². The van der Waals surface area contributed by atoms with Gasteiger partial charge >= 0.3 is 0 Å². The van der Waals surface area contributed by atoms with Crippen LogP contribution >= 0.6 is 0 Å². The van der Waals surface area contributed by atoms with E-state index in [2.05, 4.69) is 0 Å². The fourth-order valence-electron chi connectivity index (χ4n) is 1.75. The quantitative estimate of drug-likeness (QED) is 0.460. The van der Waals surface area contributed by atoms with Gasteiger partial charge in [-0.1, -0.05) is 18.2 Å². The molecule has 0 aliphatic heterocycles.